The minimum atomic E-state index is 0. The molecule has 158 valence electrons. The third-order valence-electron chi connectivity index (χ3n) is 5.73. The largest absolute Gasteiger partial charge is 0.378 e. The summed E-state index contributed by atoms with van der Waals surface area (Å²) in [5, 5.41) is 7.86. The lowest BCUT2D eigenvalue weighted by Gasteiger charge is -2.36. The highest BCUT2D eigenvalue weighted by Gasteiger charge is 2.27. The van der Waals surface area contributed by atoms with Crippen LogP contribution in [-0.2, 0) is 4.74 Å². The van der Waals surface area contributed by atoms with Gasteiger partial charge in [0.05, 0.1) is 19.3 Å². The van der Waals surface area contributed by atoms with E-state index in [1.54, 1.807) is 17.2 Å². The van der Waals surface area contributed by atoms with Crippen molar-refractivity contribution in [2.45, 2.75) is 19.4 Å². The Hall–Kier alpha value is -2.97. The van der Waals surface area contributed by atoms with Crippen molar-refractivity contribution in [3.8, 4) is 5.82 Å². The van der Waals surface area contributed by atoms with Crippen LogP contribution in [0.5, 0.6) is 0 Å². The van der Waals surface area contributed by atoms with Crippen molar-refractivity contribution in [3.63, 3.8) is 0 Å². The van der Waals surface area contributed by atoms with Crippen LogP contribution in [-0.4, -0.2) is 70.1 Å². The predicted octanol–water partition coefficient (Wildman–Crippen LogP) is 2.87. The highest BCUT2D eigenvalue weighted by molar-refractivity contribution is 5.64. The Bertz CT molecular complexity index is 993. The zero-order valence-electron chi connectivity index (χ0n) is 17.2. The summed E-state index contributed by atoms with van der Waals surface area (Å²) in [4.78, 5) is 13.8. The summed E-state index contributed by atoms with van der Waals surface area (Å²) in [5.74, 6) is 1.30. The SMILES string of the molecule is Cc1cc(Nc2ncn(-c3ccccn3)n2)cc(N2CCCN(C3COC3)CC2)c1.[HH]. The Kier molecular flexibility index (Phi) is 5.33. The minimum absolute atomic E-state index is 0. The summed E-state index contributed by atoms with van der Waals surface area (Å²) in [6.45, 7) is 8.24. The Morgan fingerprint density at radius 3 is 2.80 bits per heavy atom. The van der Waals surface area contributed by atoms with Crippen LogP contribution in [0.3, 0.4) is 0 Å². The van der Waals surface area contributed by atoms with Crippen LogP contribution < -0.4 is 10.2 Å². The van der Waals surface area contributed by atoms with Crippen molar-refractivity contribution >= 4 is 17.3 Å². The van der Waals surface area contributed by atoms with E-state index in [-0.39, 0.29) is 1.43 Å². The number of benzene rings is 1. The number of nitrogens with one attached hydrogen (secondary N) is 1. The molecule has 2 aliphatic heterocycles. The molecule has 3 aromatic rings. The second kappa shape index (κ2) is 8.41. The van der Waals surface area contributed by atoms with E-state index in [1.165, 1.54) is 17.7 Å². The van der Waals surface area contributed by atoms with Gasteiger partial charge in [-0.15, -0.1) is 5.10 Å². The Balaban J connectivity index is 0.00000231. The lowest BCUT2D eigenvalue weighted by molar-refractivity contribution is -0.0625. The molecule has 0 radical (unpaired) electrons. The fraction of sp³-hybridized carbons (Fsp3) is 0.409. The first kappa shape index (κ1) is 19.0. The second-order valence-corrected chi connectivity index (χ2v) is 7.95. The summed E-state index contributed by atoms with van der Waals surface area (Å²) < 4.78 is 7.05. The van der Waals surface area contributed by atoms with E-state index in [4.69, 9.17) is 4.74 Å². The normalized spacial score (nSPS) is 18.1. The molecule has 0 spiro atoms. The van der Waals surface area contributed by atoms with Gasteiger partial charge < -0.3 is 15.0 Å². The quantitative estimate of drug-likeness (QED) is 0.697. The van der Waals surface area contributed by atoms with Gasteiger partial charge in [0.1, 0.15) is 6.33 Å². The fourth-order valence-electron chi connectivity index (χ4n) is 4.06. The minimum Gasteiger partial charge on any atom is -0.378 e. The molecule has 4 heterocycles. The van der Waals surface area contributed by atoms with E-state index in [1.807, 2.05) is 18.2 Å². The summed E-state index contributed by atoms with van der Waals surface area (Å²) in [6, 6.07) is 12.9. The lowest BCUT2D eigenvalue weighted by Crippen LogP contribution is -2.50. The summed E-state index contributed by atoms with van der Waals surface area (Å²) in [5.41, 5.74) is 3.46. The first-order chi connectivity index (χ1) is 14.7. The number of pyridine rings is 1. The molecule has 1 N–H and O–H groups in total. The van der Waals surface area contributed by atoms with Crippen LogP contribution in [0.25, 0.3) is 5.82 Å². The first-order valence-electron chi connectivity index (χ1n) is 10.5. The van der Waals surface area contributed by atoms with E-state index >= 15 is 0 Å². The van der Waals surface area contributed by atoms with Gasteiger partial charge in [0, 0.05) is 45.2 Å². The Morgan fingerprint density at radius 2 is 2.00 bits per heavy atom. The van der Waals surface area contributed by atoms with Gasteiger partial charge in [-0.2, -0.15) is 4.98 Å². The summed E-state index contributed by atoms with van der Waals surface area (Å²) >= 11 is 0. The molecule has 2 aliphatic rings. The highest BCUT2D eigenvalue weighted by Crippen LogP contribution is 2.26. The van der Waals surface area contributed by atoms with E-state index in [0.717, 1.165) is 50.9 Å². The molecular formula is C22H29N7O. The number of rotatable bonds is 5. The van der Waals surface area contributed by atoms with Crippen molar-refractivity contribution in [2.24, 2.45) is 0 Å². The van der Waals surface area contributed by atoms with E-state index in [9.17, 15) is 0 Å². The monoisotopic (exact) mass is 407 g/mol. The number of aromatic nitrogens is 4. The van der Waals surface area contributed by atoms with Crippen molar-refractivity contribution in [3.05, 3.63) is 54.5 Å². The second-order valence-electron chi connectivity index (χ2n) is 7.95. The molecule has 2 fully saturated rings. The van der Waals surface area contributed by atoms with Gasteiger partial charge in [-0.25, -0.2) is 9.67 Å². The number of aryl methyl sites for hydroxylation is 1. The maximum Gasteiger partial charge on any atom is 0.247 e. The molecule has 8 heteroatoms. The number of hydrogen-bond donors (Lipinski definition) is 1. The van der Waals surface area contributed by atoms with Gasteiger partial charge in [-0.1, -0.05) is 6.07 Å². The van der Waals surface area contributed by atoms with Crippen LogP contribution in [0, 0.1) is 6.92 Å². The molecule has 0 atom stereocenters. The average molecular weight is 408 g/mol. The van der Waals surface area contributed by atoms with Crippen molar-refractivity contribution in [1.82, 2.24) is 24.6 Å². The zero-order valence-corrected chi connectivity index (χ0v) is 17.2. The average Bonchev–Trinajstić information content (AvgIpc) is 3.04. The third kappa shape index (κ3) is 4.15. The maximum absolute atomic E-state index is 5.38. The predicted molar refractivity (Wildman–Crippen MR) is 119 cm³/mol. The zero-order chi connectivity index (χ0) is 20.3. The maximum atomic E-state index is 5.38. The lowest BCUT2D eigenvalue weighted by atomic mass is 10.1. The van der Waals surface area contributed by atoms with Gasteiger partial charge in [-0.3, -0.25) is 4.90 Å². The number of hydrogen-bond acceptors (Lipinski definition) is 7. The molecular weight excluding hydrogens is 378 g/mol. The van der Waals surface area contributed by atoms with Crippen LogP contribution in [0.1, 0.15) is 13.4 Å². The topological polar surface area (TPSA) is 71.3 Å². The van der Waals surface area contributed by atoms with Gasteiger partial charge in [0.15, 0.2) is 5.82 Å². The molecule has 0 aliphatic carbocycles. The van der Waals surface area contributed by atoms with Crippen LogP contribution in [0.15, 0.2) is 48.9 Å². The molecule has 2 saturated heterocycles. The molecule has 30 heavy (non-hydrogen) atoms. The molecule has 5 rings (SSSR count). The van der Waals surface area contributed by atoms with Crippen LogP contribution in [0.4, 0.5) is 17.3 Å². The Labute approximate surface area is 178 Å². The molecule has 1 aromatic carbocycles. The van der Waals surface area contributed by atoms with Crippen LogP contribution >= 0.6 is 0 Å². The van der Waals surface area contributed by atoms with E-state index in [0.29, 0.717) is 12.0 Å². The molecule has 2 aromatic heterocycles. The van der Waals surface area contributed by atoms with Gasteiger partial charge >= 0.3 is 0 Å². The number of ether oxygens (including phenoxy) is 1. The highest BCUT2D eigenvalue weighted by atomic mass is 16.5. The van der Waals surface area contributed by atoms with Crippen molar-refractivity contribution in [2.75, 3.05) is 49.6 Å². The molecule has 0 amide bonds. The van der Waals surface area contributed by atoms with Crippen LogP contribution in [0.2, 0.25) is 0 Å². The van der Waals surface area contributed by atoms with Crippen molar-refractivity contribution in [1.29, 1.82) is 0 Å². The van der Waals surface area contributed by atoms with Gasteiger partial charge in [0.25, 0.3) is 0 Å². The third-order valence-corrected chi connectivity index (χ3v) is 5.73. The van der Waals surface area contributed by atoms with Gasteiger partial charge in [0.2, 0.25) is 5.95 Å². The smallest absolute Gasteiger partial charge is 0.247 e. The molecule has 0 saturated carbocycles. The van der Waals surface area contributed by atoms with E-state index < -0.39 is 0 Å². The first-order valence-corrected chi connectivity index (χ1v) is 10.5. The standard InChI is InChI=1S/C22H27N7O.H2/c1-17-11-18(25-22-24-16-29(26-22)21-5-2-3-6-23-21)13-19(12-17)27-7-4-8-28(10-9-27)20-14-30-15-20;/h2-3,5-6,11-13,16,20H,4,7-10,14-15H2,1H3,(H,25,26);1H. The fourth-order valence-corrected chi connectivity index (χ4v) is 4.06. The molecule has 8 nitrogen and oxygen atoms in total. The molecule has 0 bridgehead atoms. The number of nitrogens with zero attached hydrogens (tertiary/aromatic N) is 6. The summed E-state index contributed by atoms with van der Waals surface area (Å²) in [7, 11) is 0. The van der Waals surface area contributed by atoms with Crippen molar-refractivity contribution < 1.29 is 6.16 Å². The van der Waals surface area contributed by atoms with E-state index in [2.05, 4.69) is 55.3 Å². The number of anilines is 3. The van der Waals surface area contributed by atoms with Gasteiger partial charge in [-0.05, 0) is 49.2 Å². The molecule has 0 unspecified atom stereocenters. The summed E-state index contributed by atoms with van der Waals surface area (Å²) in [6.07, 6.45) is 4.59. The Morgan fingerprint density at radius 1 is 1.07 bits per heavy atom.